The lowest BCUT2D eigenvalue weighted by Gasteiger charge is -2.18. The van der Waals surface area contributed by atoms with Crippen molar-refractivity contribution in [2.24, 2.45) is 5.73 Å². The minimum atomic E-state index is -0.436. The highest BCUT2D eigenvalue weighted by atomic mass is 35.5. The van der Waals surface area contributed by atoms with E-state index in [0.29, 0.717) is 27.0 Å². The molecule has 0 aliphatic heterocycles. The second kappa shape index (κ2) is 3.87. The van der Waals surface area contributed by atoms with Gasteiger partial charge in [-0.2, -0.15) is 0 Å². The van der Waals surface area contributed by atoms with Crippen molar-refractivity contribution in [1.29, 1.82) is 0 Å². The summed E-state index contributed by atoms with van der Waals surface area (Å²) in [7, 11) is 0. The molecule has 2 aromatic rings. The maximum absolute atomic E-state index is 6.30. The Morgan fingerprint density at radius 3 is 2.65 bits per heavy atom. The van der Waals surface area contributed by atoms with Crippen molar-refractivity contribution >= 4 is 34.3 Å². The highest BCUT2D eigenvalue weighted by Crippen LogP contribution is 2.38. The zero-order valence-electron chi connectivity index (χ0n) is 9.17. The van der Waals surface area contributed by atoms with Gasteiger partial charge in [-0.1, -0.05) is 36.0 Å². The van der Waals surface area contributed by atoms with Gasteiger partial charge in [-0.05, 0) is 25.0 Å². The van der Waals surface area contributed by atoms with Crippen LogP contribution in [0.15, 0.2) is 16.5 Å². The van der Waals surface area contributed by atoms with E-state index in [-0.39, 0.29) is 0 Å². The van der Waals surface area contributed by atoms with Crippen LogP contribution in [0.5, 0.6) is 0 Å². The van der Waals surface area contributed by atoms with Crippen LogP contribution >= 0.6 is 23.2 Å². The maximum Gasteiger partial charge on any atom is 0.215 e. The molecule has 1 saturated carbocycles. The predicted molar refractivity (Wildman–Crippen MR) is 68.4 cm³/mol. The molecule has 1 aliphatic carbocycles. The topological polar surface area (TPSA) is 52.0 Å². The van der Waals surface area contributed by atoms with Crippen molar-refractivity contribution in [1.82, 2.24) is 4.98 Å². The Kier molecular flexibility index (Phi) is 2.58. The first-order valence-electron chi connectivity index (χ1n) is 5.63. The van der Waals surface area contributed by atoms with Crippen LogP contribution in [-0.2, 0) is 5.54 Å². The average Bonchev–Trinajstić information content (AvgIpc) is 2.84. The van der Waals surface area contributed by atoms with Crippen molar-refractivity contribution in [3.05, 3.63) is 28.1 Å². The second-order valence-corrected chi connectivity index (χ2v) is 5.46. The summed E-state index contributed by atoms with van der Waals surface area (Å²) in [6.07, 6.45) is 4.05. The van der Waals surface area contributed by atoms with Gasteiger partial charge in [0.15, 0.2) is 5.58 Å². The van der Waals surface area contributed by atoms with Crippen LogP contribution in [0.4, 0.5) is 0 Å². The highest BCUT2D eigenvalue weighted by Gasteiger charge is 2.36. The molecule has 1 aliphatic rings. The van der Waals surface area contributed by atoms with Crippen LogP contribution < -0.4 is 5.73 Å². The summed E-state index contributed by atoms with van der Waals surface area (Å²) in [5.74, 6) is 0.578. The van der Waals surface area contributed by atoms with Crippen LogP contribution in [0, 0.1) is 0 Å². The first-order valence-corrected chi connectivity index (χ1v) is 6.39. The van der Waals surface area contributed by atoms with Gasteiger partial charge in [0.05, 0.1) is 10.6 Å². The van der Waals surface area contributed by atoms with Gasteiger partial charge in [-0.3, -0.25) is 0 Å². The molecule has 0 amide bonds. The number of rotatable bonds is 1. The van der Waals surface area contributed by atoms with Crippen molar-refractivity contribution in [2.75, 3.05) is 0 Å². The molecule has 0 radical (unpaired) electrons. The van der Waals surface area contributed by atoms with Gasteiger partial charge in [0.25, 0.3) is 0 Å². The predicted octanol–water partition coefficient (Wildman–Crippen LogP) is 3.86. The number of benzene rings is 1. The average molecular weight is 271 g/mol. The monoisotopic (exact) mass is 270 g/mol. The third-order valence-electron chi connectivity index (χ3n) is 3.33. The molecule has 1 aromatic carbocycles. The molecular formula is C12H12Cl2N2O. The van der Waals surface area contributed by atoms with E-state index in [1.165, 1.54) is 0 Å². The van der Waals surface area contributed by atoms with E-state index in [0.717, 1.165) is 25.7 Å². The second-order valence-electron chi connectivity index (χ2n) is 4.62. The smallest absolute Gasteiger partial charge is 0.215 e. The van der Waals surface area contributed by atoms with Crippen molar-refractivity contribution in [3.63, 3.8) is 0 Å². The van der Waals surface area contributed by atoms with E-state index in [1.807, 2.05) is 0 Å². The van der Waals surface area contributed by atoms with E-state index < -0.39 is 5.54 Å². The molecule has 1 fully saturated rings. The third kappa shape index (κ3) is 1.82. The molecule has 0 spiro atoms. The molecule has 1 aromatic heterocycles. The number of hydrogen-bond acceptors (Lipinski definition) is 3. The first kappa shape index (κ1) is 11.3. The lowest BCUT2D eigenvalue weighted by atomic mass is 10.00. The molecular weight excluding hydrogens is 259 g/mol. The van der Waals surface area contributed by atoms with Crippen LogP contribution in [-0.4, -0.2) is 4.98 Å². The van der Waals surface area contributed by atoms with E-state index in [4.69, 9.17) is 33.4 Å². The van der Waals surface area contributed by atoms with Gasteiger partial charge in [-0.15, -0.1) is 0 Å². The zero-order chi connectivity index (χ0) is 12.0. The van der Waals surface area contributed by atoms with E-state index in [1.54, 1.807) is 12.1 Å². The fourth-order valence-corrected chi connectivity index (χ4v) is 2.91. The summed E-state index contributed by atoms with van der Waals surface area (Å²) in [5.41, 5.74) is 7.11. The number of hydrogen-bond donors (Lipinski definition) is 1. The summed E-state index contributed by atoms with van der Waals surface area (Å²) in [6, 6.07) is 3.40. The van der Waals surface area contributed by atoms with Gasteiger partial charge >= 0.3 is 0 Å². The molecule has 17 heavy (non-hydrogen) atoms. The standard InChI is InChI=1S/C12H12Cl2N2O/c13-7-5-8(14)10-9(6-7)16-11(17-10)12(15)3-1-2-4-12/h5-6H,1-4,15H2. The van der Waals surface area contributed by atoms with Gasteiger partial charge in [-0.25, -0.2) is 4.98 Å². The van der Waals surface area contributed by atoms with Gasteiger partial charge in [0.2, 0.25) is 5.89 Å². The molecule has 3 nitrogen and oxygen atoms in total. The quantitative estimate of drug-likeness (QED) is 0.856. The lowest BCUT2D eigenvalue weighted by molar-refractivity contribution is 0.346. The Hall–Kier alpha value is -0.770. The summed E-state index contributed by atoms with van der Waals surface area (Å²) < 4.78 is 5.71. The van der Waals surface area contributed by atoms with Crippen molar-refractivity contribution in [3.8, 4) is 0 Å². The molecule has 3 rings (SSSR count). The number of halogens is 2. The summed E-state index contributed by atoms with van der Waals surface area (Å²) in [4.78, 5) is 4.43. The fraction of sp³-hybridized carbons (Fsp3) is 0.417. The molecule has 0 bridgehead atoms. The van der Waals surface area contributed by atoms with E-state index in [9.17, 15) is 0 Å². The first-order chi connectivity index (χ1) is 8.08. The number of oxazole rings is 1. The Morgan fingerprint density at radius 2 is 1.94 bits per heavy atom. The number of fused-ring (bicyclic) bond motifs is 1. The van der Waals surface area contributed by atoms with E-state index in [2.05, 4.69) is 4.98 Å². The normalized spacial score (nSPS) is 19.0. The molecule has 0 unspecified atom stereocenters. The fourth-order valence-electron chi connectivity index (χ4n) is 2.39. The van der Waals surface area contributed by atoms with Gasteiger partial charge in [0.1, 0.15) is 5.52 Å². The van der Waals surface area contributed by atoms with E-state index >= 15 is 0 Å². The van der Waals surface area contributed by atoms with Crippen molar-refractivity contribution < 1.29 is 4.42 Å². The van der Waals surface area contributed by atoms with Crippen LogP contribution in [0.2, 0.25) is 10.0 Å². The molecule has 1 heterocycles. The Bertz CT molecular complexity index is 573. The molecule has 0 atom stereocenters. The highest BCUT2D eigenvalue weighted by molar-refractivity contribution is 6.37. The maximum atomic E-state index is 6.30. The summed E-state index contributed by atoms with van der Waals surface area (Å²) in [5, 5.41) is 1.03. The Labute approximate surface area is 109 Å². The Balaban J connectivity index is 2.16. The molecule has 5 heteroatoms. The number of nitrogens with two attached hydrogens (primary N) is 1. The molecule has 90 valence electrons. The largest absolute Gasteiger partial charge is 0.437 e. The van der Waals surface area contributed by atoms with Gasteiger partial charge < -0.3 is 10.2 Å². The molecule has 2 N–H and O–H groups in total. The SMILES string of the molecule is NC1(c2nc3cc(Cl)cc(Cl)c3o2)CCCC1. The molecule has 0 saturated heterocycles. The van der Waals surface area contributed by atoms with Crippen LogP contribution in [0.3, 0.4) is 0 Å². The van der Waals surface area contributed by atoms with Crippen LogP contribution in [0.25, 0.3) is 11.1 Å². The third-order valence-corrected chi connectivity index (χ3v) is 3.83. The number of nitrogens with zero attached hydrogens (tertiary/aromatic N) is 1. The summed E-state index contributed by atoms with van der Waals surface area (Å²) in [6.45, 7) is 0. The minimum Gasteiger partial charge on any atom is -0.437 e. The lowest BCUT2D eigenvalue weighted by Crippen LogP contribution is -2.33. The summed E-state index contributed by atoms with van der Waals surface area (Å²) >= 11 is 12.0. The number of aromatic nitrogens is 1. The van der Waals surface area contributed by atoms with Crippen molar-refractivity contribution in [2.45, 2.75) is 31.2 Å². The van der Waals surface area contributed by atoms with Gasteiger partial charge in [0, 0.05) is 5.02 Å². The zero-order valence-corrected chi connectivity index (χ0v) is 10.7. The Morgan fingerprint density at radius 1 is 1.24 bits per heavy atom. The van der Waals surface area contributed by atoms with Crippen LogP contribution in [0.1, 0.15) is 31.6 Å². The minimum absolute atomic E-state index is 0.436.